The third-order valence-electron chi connectivity index (χ3n) is 5.71. The number of hydrogen-bond donors (Lipinski definition) is 1. The molecule has 28 heavy (non-hydrogen) atoms. The monoisotopic (exact) mass is 413 g/mol. The van der Waals surface area contributed by atoms with Crippen molar-refractivity contribution in [1.82, 2.24) is 9.88 Å². The van der Waals surface area contributed by atoms with Crippen LogP contribution in [-0.2, 0) is 0 Å². The van der Waals surface area contributed by atoms with Crippen LogP contribution in [0.25, 0.3) is 10.2 Å². The van der Waals surface area contributed by atoms with Gasteiger partial charge in [-0.15, -0.1) is 22.7 Å². The second-order valence-electron chi connectivity index (χ2n) is 7.60. The fraction of sp³-hybridized carbons (Fsp3) is 0.429. The molecule has 1 amide bonds. The molecule has 3 aromatic rings. The summed E-state index contributed by atoms with van der Waals surface area (Å²) in [7, 11) is 0. The molecule has 1 N–H and O–H groups in total. The summed E-state index contributed by atoms with van der Waals surface area (Å²) in [6, 6.07) is 10.2. The van der Waals surface area contributed by atoms with E-state index in [0.717, 1.165) is 21.9 Å². The van der Waals surface area contributed by atoms with Gasteiger partial charge in [-0.25, -0.2) is 9.78 Å². The van der Waals surface area contributed by atoms with Crippen LogP contribution in [0.3, 0.4) is 0 Å². The summed E-state index contributed by atoms with van der Waals surface area (Å²) < 4.78 is 6.38. The van der Waals surface area contributed by atoms with Gasteiger partial charge in [0.05, 0.1) is 15.2 Å². The molecule has 2 aliphatic rings. The maximum Gasteiger partial charge on any atom is 0.417 e. The summed E-state index contributed by atoms with van der Waals surface area (Å²) >= 11 is 3.15. The predicted molar refractivity (Wildman–Crippen MR) is 115 cm³/mol. The quantitative estimate of drug-likeness (QED) is 0.596. The largest absolute Gasteiger partial charge is 0.417 e. The molecule has 3 heterocycles. The smallest absolute Gasteiger partial charge is 0.399 e. The number of hydrogen-bond acceptors (Lipinski definition) is 6. The van der Waals surface area contributed by atoms with Crippen molar-refractivity contribution in [3.05, 3.63) is 40.7 Å². The molecule has 5 nitrogen and oxygen atoms in total. The van der Waals surface area contributed by atoms with Crippen LogP contribution in [0, 0.1) is 0 Å². The Labute approximate surface area is 172 Å². The van der Waals surface area contributed by atoms with Gasteiger partial charge >= 0.3 is 6.09 Å². The van der Waals surface area contributed by atoms with Crippen LogP contribution in [-0.4, -0.2) is 35.1 Å². The first-order chi connectivity index (χ1) is 13.7. The Bertz CT molecular complexity index is 957. The maximum atomic E-state index is 12.0. The van der Waals surface area contributed by atoms with E-state index in [0.29, 0.717) is 11.0 Å². The van der Waals surface area contributed by atoms with E-state index in [1.54, 1.807) is 17.4 Å². The van der Waals surface area contributed by atoms with Gasteiger partial charge in [0.25, 0.3) is 0 Å². The molecule has 0 atom stereocenters. The SMILES string of the molecule is O=C(Nc1ccc2nc([C@H]3C[C@@H](N4CCCCC4)C3)sc2c1)Oc1cccs1. The summed E-state index contributed by atoms with van der Waals surface area (Å²) in [4.78, 5) is 19.6. The zero-order valence-corrected chi connectivity index (χ0v) is 17.2. The number of thiophene rings is 1. The minimum absolute atomic E-state index is 0.463. The van der Waals surface area contributed by atoms with Crippen LogP contribution in [0.4, 0.5) is 10.5 Å². The van der Waals surface area contributed by atoms with Crippen LogP contribution < -0.4 is 10.1 Å². The Hall–Kier alpha value is -1.96. The van der Waals surface area contributed by atoms with Crippen molar-refractivity contribution < 1.29 is 9.53 Å². The van der Waals surface area contributed by atoms with Gasteiger partial charge in [-0.05, 0) is 74.5 Å². The van der Waals surface area contributed by atoms with Crippen LogP contribution in [0.1, 0.15) is 43.0 Å². The summed E-state index contributed by atoms with van der Waals surface area (Å²) in [6.07, 6.45) is 6.10. The lowest BCUT2D eigenvalue weighted by molar-refractivity contribution is 0.0888. The van der Waals surface area contributed by atoms with Gasteiger partial charge in [0.15, 0.2) is 5.06 Å². The highest BCUT2D eigenvalue weighted by molar-refractivity contribution is 7.18. The molecule has 1 saturated carbocycles. The average molecular weight is 414 g/mol. The van der Waals surface area contributed by atoms with Crippen molar-refractivity contribution in [2.45, 2.75) is 44.1 Å². The summed E-state index contributed by atoms with van der Waals surface area (Å²) in [6.45, 7) is 2.54. The molecule has 1 aliphatic heterocycles. The molecule has 7 heteroatoms. The number of rotatable bonds is 4. The molecule has 2 fully saturated rings. The van der Waals surface area contributed by atoms with E-state index in [1.807, 2.05) is 29.6 Å². The normalized spacial score (nSPS) is 22.7. The lowest BCUT2D eigenvalue weighted by atomic mass is 9.79. The molecule has 146 valence electrons. The van der Waals surface area contributed by atoms with E-state index < -0.39 is 6.09 Å². The number of amides is 1. The van der Waals surface area contributed by atoms with Crippen molar-refractivity contribution in [3.63, 3.8) is 0 Å². The van der Waals surface area contributed by atoms with Gasteiger partial charge in [0, 0.05) is 17.6 Å². The Balaban J connectivity index is 1.22. The lowest BCUT2D eigenvalue weighted by Gasteiger charge is -2.43. The standard InChI is InChI=1S/C21H23N3O2S2/c25-21(26-19-5-4-10-27-19)22-15-6-7-17-18(13-15)28-20(23-17)14-11-16(12-14)24-8-2-1-3-9-24/h4-7,10,13-14,16H,1-3,8-9,11-12H2,(H,22,25)/t14-,16+. The molecule has 2 aromatic heterocycles. The Morgan fingerprint density at radius 3 is 2.82 bits per heavy atom. The fourth-order valence-corrected chi connectivity index (χ4v) is 5.83. The van der Waals surface area contributed by atoms with Crippen molar-refractivity contribution in [3.8, 4) is 5.06 Å². The number of carbonyl (C=O) groups is 1. The number of thiazole rings is 1. The maximum absolute atomic E-state index is 12.0. The highest BCUT2D eigenvalue weighted by Crippen LogP contribution is 2.43. The van der Waals surface area contributed by atoms with Crippen molar-refractivity contribution in [2.24, 2.45) is 0 Å². The number of nitrogens with one attached hydrogen (secondary N) is 1. The molecular weight excluding hydrogens is 390 g/mol. The van der Waals surface area contributed by atoms with Gasteiger partial charge in [-0.3, -0.25) is 5.32 Å². The molecule has 0 bridgehead atoms. The topological polar surface area (TPSA) is 54.5 Å². The van der Waals surface area contributed by atoms with E-state index >= 15 is 0 Å². The number of aromatic nitrogens is 1. The van der Waals surface area contributed by atoms with E-state index in [2.05, 4.69) is 10.2 Å². The highest BCUT2D eigenvalue weighted by atomic mass is 32.1. The minimum atomic E-state index is -0.463. The van der Waals surface area contributed by atoms with E-state index in [4.69, 9.17) is 9.72 Å². The molecule has 1 aliphatic carbocycles. The van der Waals surface area contributed by atoms with Crippen LogP contribution in [0.15, 0.2) is 35.7 Å². The third kappa shape index (κ3) is 3.79. The first kappa shape index (κ1) is 18.1. The number of ether oxygens (including phenoxy) is 1. The fourth-order valence-electron chi connectivity index (χ4n) is 4.12. The molecular formula is C21H23N3O2S2. The molecule has 1 aromatic carbocycles. The second-order valence-corrected chi connectivity index (χ2v) is 9.57. The average Bonchev–Trinajstić information content (AvgIpc) is 3.30. The molecule has 1 saturated heterocycles. The number of likely N-dealkylation sites (tertiary alicyclic amines) is 1. The highest BCUT2D eigenvalue weighted by Gasteiger charge is 2.36. The van der Waals surface area contributed by atoms with Gasteiger partial charge in [0.2, 0.25) is 0 Å². The number of anilines is 1. The van der Waals surface area contributed by atoms with Gasteiger partial charge in [0.1, 0.15) is 0 Å². The zero-order chi connectivity index (χ0) is 18.9. The molecule has 5 rings (SSSR count). The van der Waals surface area contributed by atoms with Crippen LogP contribution in [0.2, 0.25) is 0 Å². The van der Waals surface area contributed by atoms with Crippen LogP contribution in [0.5, 0.6) is 5.06 Å². The number of nitrogens with zero attached hydrogens (tertiary/aromatic N) is 2. The second kappa shape index (κ2) is 7.81. The van der Waals surface area contributed by atoms with E-state index in [1.165, 1.54) is 61.5 Å². The summed E-state index contributed by atoms with van der Waals surface area (Å²) in [5.41, 5.74) is 1.75. The minimum Gasteiger partial charge on any atom is -0.399 e. The molecule has 0 spiro atoms. The van der Waals surface area contributed by atoms with E-state index in [-0.39, 0.29) is 0 Å². The van der Waals surface area contributed by atoms with Gasteiger partial charge in [-0.2, -0.15) is 0 Å². The molecule has 0 radical (unpaired) electrons. The zero-order valence-electron chi connectivity index (χ0n) is 15.6. The number of benzene rings is 1. The Morgan fingerprint density at radius 2 is 2.04 bits per heavy atom. The van der Waals surface area contributed by atoms with Crippen LogP contribution >= 0.6 is 22.7 Å². The number of piperidine rings is 1. The first-order valence-corrected chi connectivity index (χ1v) is 11.6. The van der Waals surface area contributed by atoms with Crippen molar-refractivity contribution in [1.29, 1.82) is 0 Å². The van der Waals surface area contributed by atoms with Crippen molar-refractivity contribution >= 4 is 44.7 Å². The summed E-state index contributed by atoms with van der Waals surface area (Å²) in [5, 5.41) is 6.51. The van der Waals surface area contributed by atoms with E-state index in [9.17, 15) is 4.79 Å². The first-order valence-electron chi connectivity index (χ1n) is 9.91. The Morgan fingerprint density at radius 1 is 1.18 bits per heavy atom. The third-order valence-corrected chi connectivity index (χ3v) is 7.63. The lowest BCUT2D eigenvalue weighted by Crippen LogP contribution is -2.46. The van der Waals surface area contributed by atoms with Crippen molar-refractivity contribution in [2.75, 3.05) is 18.4 Å². The van der Waals surface area contributed by atoms with Gasteiger partial charge < -0.3 is 9.64 Å². The number of fused-ring (bicyclic) bond motifs is 1. The van der Waals surface area contributed by atoms with Gasteiger partial charge in [-0.1, -0.05) is 6.42 Å². The molecule has 0 unspecified atom stereocenters. The Kier molecular flexibility index (Phi) is 5.05. The predicted octanol–water partition coefficient (Wildman–Crippen LogP) is 5.70. The number of carbonyl (C=O) groups excluding carboxylic acids is 1. The summed E-state index contributed by atoms with van der Waals surface area (Å²) in [5.74, 6) is 0.588.